The van der Waals surface area contributed by atoms with Crippen LogP contribution in [0, 0.1) is 11.8 Å². The van der Waals surface area contributed by atoms with Crippen molar-refractivity contribution in [3.05, 3.63) is 58.6 Å². The van der Waals surface area contributed by atoms with Crippen LogP contribution in [0.4, 0.5) is 0 Å². The van der Waals surface area contributed by atoms with E-state index in [0.29, 0.717) is 11.8 Å². The minimum absolute atomic E-state index is 0.309. The Morgan fingerprint density at radius 3 is 2.87 bits per heavy atom. The van der Waals surface area contributed by atoms with Gasteiger partial charge in [0.1, 0.15) is 5.82 Å². The average Bonchev–Trinajstić information content (AvgIpc) is 3.42. The van der Waals surface area contributed by atoms with Crippen LogP contribution in [-0.2, 0) is 6.42 Å². The summed E-state index contributed by atoms with van der Waals surface area (Å²) in [7, 11) is 2.18. The Bertz CT molecular complexity index is 991. The van der Waals surface area contributed by atoms with E-state index in [1.165, 1.54) is 16.9 Å². The van der Waals surface area contributed by atoms with E-state index in [1.54, 1.807) is 0 Å². The summed E-state index contributed by atoms with van der Waals surface area (Å²) in [6.45, 7) is 1.97. The van der Waals surface area contributed by atoms with Crippen molar-refractivity contribution >= 4 is 27.9 Å². The number of thiophene rings is 1. The summed E-state index contributed by atoms with van der Waals surface area (Å²) >= 11 is 1.83. The molecule has 0 amide bonds. The maximum Gasteiger partial charge on any atom is 0.107 e. The van der Waals surface area contributed by atoms with Gasteiger partial charge in [-0.25, -0.2) is 4.98 Å². The molecule has 0 radical (unpaired) electrons. The van der Waals surface area contributed by atoms with Gasteiger partial charge >= 0.3 is 0 Å². The van der Waals surface area contributed by atoms with E-state index in [0.717, 1.165) is 62.1 Å². The molecule has 6 rings (SSSR count). The van der Waals surface area contributed by atoms with Gasteiger partial charge in [-0.15, -0.1) is 11.3 Å². The molecule has 1 aromatic carbocycles. The number of aromatic nitrogens is 2. The highest BCUT2D eigenvalue weighted by molar-refractivity contribution is 7.11. The van der Waals surface area contributed by atoms with Gasteiger partial charge in [0.15, 0.2) is 0 Å². The predicted octanol–water partition coefficient (Wildman–Crippen LogP) is 5.12. The van der Waals surface area contributed by atoms with E-state index in [1.807, 2.05) is 23.5 Å². The van der Waals surface area contributed by atoms with Crippen LogP contribution >= 0.6 is 11.3 Å². The smallest absolute Gasteiger partial charge is 0.107 e. The average molecular weight is 422 g/mol. The van der Waals surface area contributed by atoms with Gasteiger partial charge in [-0.1, -0.05) is 24.3 Å². The molecule has 2 N–H and O–H groups in total. The first-order chi connectivity index (χ1) is 14.6. The predicted molar refractivity (Wildman–Crippen MR) is 125 cm³/mol. The SMILES string of the molecule is CN(CCCc1nc2ccccc2[nH]1)CC[C@@]1(O)C[C@@H]2CC[C@H]1C=C2c1cccs1. The molecule has 0 aliphatic heterocycles. The highest BCUT2D eigenvalue weighted by Crippen LogP contribution is 2.51. The quantitative estimate of drug-likeness (QED) is 0.530. The minimum Gasteiger partial charge on any atom is -0.389 e. The Hall–Kier alpha value is -1.95. The molecule has 0 saturated heterocycles. The fourth-order valence-corrected chi connectivity index (χ4v) is 6.17. The van der Waals surface area contributed by atoms with Gasteiger partial charge in [0, 0.05) is 23.8 Å². The Balaban J connectivity index is 1.12. The number of para-hydroxylation sites is 2. The number of fused-ring (bicyclic) bond motifs is 3. The number of benzene rings is 1. The lowest BCUT2D eigenvalue weighted by Gasteiger charge is -2.48. The number of nitrogens with zero attached hydrogens (tertiary/aromatic N) is 2. The fraction of sp³-hybridized carbons (Fsp3) is 0.480. The van der Waals surface area contributed by atoms with Crippen LogP contribution in [0.15, 0.2) is 47.9 Å². The Kier molecular flexibility index (Phi) is 5.52. The highest BCUT2D eigenvalue weighted by atomic mass is 32.1. The second-order valence-corrected chi connectivity index (χ2v) is 10.1. The zero-order valence-electron chi connectivity index (χ0n) is 17.7. The van der Waals surface area contributed by atoms with Crippen molar-refractivity contribution in [2.24, 2.45) is 11.8 Å². The summed E-state index contributed by atoms with van der Waals surface area (Å²) in [5, 5.41) is 13.6. The third-order valence-corrected chi connectivity index (χ3v) is 7.98. The Labute approximate surface area is 182 Å². The normalized spacial score (nSPS) is 25.9. The van der Waals surface area contributed by atoms with Crippen LogP contribution in [0.3, 0.4) is 0 Å². The van der Waals surface area contributed by atoms with Crippen LogP contribution in [0.5, 0.6) is 0 Å². The molecule has 4 nitrogen and oxygen atoms in total. The lowest BCUT2D eigenvalue weighted by molar-refractivity contribution is -0.0574. The summed E-state index contributed by atoms with van der Waals surface area (Å²) in [6.07, 6.45) is 8.57. The largest absolute Gasteiger partial charge is 0.389 e. The van der Waals surface area contributed by atoms with Crippen molar-refractivity contribution in [1.82, 2.24) is 14.9 Å². The van der Waals surface area contributed by atoms with Crippen LogP contribution in [0.2, 0.25) is 0 Å². The second-order valence-electron chi connectivity index (χ2n) is 9.15. The van der Waals surface area contributed by atoms with E-state index in [2.05, 4.69) is 57.6 Å². The summed E-state index contributed by atoms with van der Waals surface area (Å²) in [5.41, 5.74) is 3.12. The first-order valence-corrected chi connectivity index (χ1v) is 12.1. The number of rotatable bonds is 8. The molecule has 1 fully saturated rings. The van der Waals surface area contributed by atoms with Crippen LogP contribution in [0.1, 0.15) is 42.8 Å². The van der Waals surface area contributed by atoms with Gasteiger partial charge in [-0.2, -0.15) is 0 Å². The van der Waals surface area contributed by atoms with Crippen molar-refractivity contribution in [1.29, 1.82) is 0 Å². The van der Waals surface area contributed by atoms with Gasteiger partial charge in [-0.05, 0) is 80.8 Å². The number of hydrogen-bond acceptors (Lipinski definition) is 4. The summed E-state index contributed by atoms with van der Waals surface area (Å²) in [6, 6.07) is 12.6. The molecule has 3 aliphatic rings. The van der Waals surface area contributed by atoms with Gasteiger partial charge in [0.05, 0.1) is 16.6 Å². The Morgan fingerprint density at radius 2 is 2.10 bits per heavy atom. The maximum atomic E-state index is 11.4. The molecule has 0 unspecified atom stereocenters. The highest BCUT2D eigenvalue weighted by Gasteiger charge is 2.46. The number of nitrogens with one attached hydrogen (secondary N) is 1. The van der Waals surface area contributed by atoms with E-state index in [4.69, 9.17) is 0 Å². The van der Waals surface area contributed by atoms with E-state index in [-0.39, 0.29) is 0 Å². The zero-order chi connectivity index (χ0) is 20.6. The molecule has 2 aromatic heterocycles. The monoisotopic (exact) mass is 421 g/mol. The summed E-state index contributed by atoms with van der Waals surface area (Å²) < 4.78 is 0. The standard InChI is InChI=1S/C25H31N3OS/c1-28(13-4-9-24-26-21-6-2-3-7-22(21)27-24)14-12-25(29)17-18-10-11-19(25)16-20(18)23-8-5-15-30-23/h2-3,5-8,15-16,18-19,29H,4,9-14,17H2,1H3,(H,26,27)/t18-,19-,25+/m0/s1. The first-order valence-electron chi connectivity index (χ1n) is 11.2. The number of H-pyrrole nitrogens is 1. The van der Waals surface area contributed by atoms with Crippen molar-refractivity contribution in [2.45, 2.75) is 44.1 Å². The lowest BCUT2D eigenvalue weighted by Crippen LogP contribution is -2.47. The van der Waals surface area contributed by atoms with E-state index >= 15 is 0 Å². The third-order valence-electron chi connectivity index (χ3n) is 7.06. The molecule has 5 heteroatoms. The molecule has 3 aliphatic carbocycles. The molecular formula is C25H31N3OS. The molecular weight excluding hydrogens is 390 g/mol. The number of aryl methyl sites for hydroxylation is 1. The van der Waals surface area contributed by atoms with Crippen molar-refractivity contribution in [2.75, 3.05) is 20.1 Å². The molecule has 158 valence electrons. The van der Waals surface area contributed by atoms with E-state index in [9.17, 15) is 5.11 Å². The number of allylic oxidation sites excluding steroid dienone is 1. The molecule has 3 aromatic rings. The van der Waals surface area contributed by atoms with Crippen LogP contribution in [0.25, 0.3) is 16.6 Å². The minimum atomic E-state index is -0.531. The van der Waals surface area contributed by atoms with Crippen molar-refractivity contribution in [3.8, 4) is 0 Å². The topological polar surface area (TPSA) is 52.2 Å². The van der Waals surface area contributed by atoms with Gasteiger partial charge in [0.2, 0.25) is 0 Å². The van der Waals surface area contributed by atoms with Gasteiger partial charge < -0.3 is 15.0 Å². The fourth-order valence-electron chi connectivity index (χ4n) is 5.34. The number of imidazole rings is 1. The number of hydrogen-bond donors (Lipinski definition) is 2. The maximum absolute atomic E-state index is 11.4. The molecule has 1 saturated carbocycles. The third kappa shape index (κ3) is 3.98. The van der Waals surface area contributed by atoms with Crippen molar-refractivity contribution in [3.63, 3.8) is 0 Å². The lowest BCUT2D eigenvalue weighted by atomic mass is 9.62. The van der Waals surface area contributed by atoms with Crippen LogP contribution in [-0.4, -0.2) is 45.7 Å². The number of aromatic amines is 1. The summed E-state index contributed by atoms with van der Waals surface area (Å²) in [5.74, 6) is 1.90. The molecule has 30 heavy (non-hydrogen) atoms. The van der Waals surface area contributed by atoms with Gasteiger partial charge in [-0.3, -0.25) is 0 Å². The molecule has 2 heterocycles. The second kappa shape index (κ2) is 8.29. The molecule has 0 spiro atoms. The van der Waals surface area contributed by atoms with Crippen molar-refractivity contribution < 1.29 is 5.11 Å². The van der Waals surface area contributed by atoms with Gasteiger partial charge in [0.25, 0.3) is 0 Å². The Morgan fingerprint density at radius 1 is 1.20 bits per heavy atom. The molecule has 3 atom stereocenters. The zero-order valence-corrected chi connectivity index (χ0v) is 18.5. The van der Waals surface area contributed by atoms with E-state index < -0.39 is 5.60 Å². The first kappa shape index (κ1) is 20.0. The molecule has 2 bridgehead atoms. The number of aliphatic hydroxyl groups is 1. The van der Waals surface area contributed by atoms with Crippen LogP contribution < -0.4 is 0 Å². The summed E-state index contributed by atoms with van der Waals surface area (Å²) in [4.78, 5) is 11.9.